The average Bonchev–Trinajstić information content (AvgIpc) is 3.34. The number of carbonyl (C=O) groups is 3. The Bertz CT molecular complexity index is 1030. The van der Waals surface area contributed by atoms with Gasteiger partial charge in [-0.3, -0.25) is 24.6 Å². The van der Waals surface area contributed by atoms with Gasteiger partial charge in [0.2, 0.25) is 11.8 Å². The van der Waals surface area contributed by atoms with Gasteiger partial charge in [-0.05, 0) is 24.1 Å². The number of amides is 3. The number of imide groups is 1. The molecule has 0 bridgehead atoms. The van der Waals surface area contributed by atoms with E-state index in [4.69, 9.17) is 9.47 Å². The Morgan fingerprint density at radius 2 is 1.91 bits per heavy atom. The van der Waals surface area contributed by atoms with Crippen molar-refractivity contribution < 1.29 is 23.9 Å². The Morgan fingerprint density at radius 3 is 2.66 bits per heavy atom. The number of fused-ring (bicyclic) bond motifs is 1. The molecule has 0 aliphatic carbocycles. The number of benzene rings is 1. The number of morpholine rings is 1. The van der Waals surface area contributed by atoms with Gasteiger partial charge < -0.3 is 14.4 Å². The average molecular weight is 456 g/mol. The first kappa shape index (κ1) is 21.1. The van der Waals surface area contributed by atoms with Crippen molar-refractivity contribution in [2.24, 2.45) is 0 Å². The highest BCUT2D eigenvalue weighted by atomic mass is 32.1. The molecular weight excluding hydrogens is 430 g/mol. The Hall–Kier alpha value is -2.75. The SMILES string of the molecule is O=C1CCC(N2Cc3c(csc3COc3ccc(CN4CCOCC4)cc3)C2=O)C(=O)N1. The van der Waals surface area contributed by atoms with Crippen LogP contribution in [0, 0.1) is 0 Å². The van der Waals surface area contributed by atoms with Crippen LogP contribution in [0.3, 0.4) is 0 Å². The van der Waals surface area contributed by atoms with Gasteiger partial charge in [0.15, 0.2) is 0 Å². The largest absolute Gasteiger partial charge is 0.488 e. The highest BCUT2D eigenvalue weighted by Gasteiger charge is 2.40. The van der Waals surface area contributed by atoms with Gasteiger partial charge in [-0.1, -0.05) is 12.1 Å². The minimum absolute atomic E-state index is 0.149. The quantitative estimate of drug-likeness (QED) is 0.670. The van der Waals surface area contributed by atoms with E-state index >= 15 is 0 Å². The van der Waals surface area contributed by atoms with Gasteiger partial charge in [0.25, 0.3) is 5.91 Å². The van der Waals surface area contributed by atoms with Crippen LogP contribution in [0.1, 0.15) is 39.2 Å². The number of hydrogen-bond donors (Lipinski definition) is 1. The van der Waals surface area contributed by atoms with Crippen molar-refractivity contribution >= 4 is 29.1 Å². The fraction of sp³-hybridized carbons (Fsp3) is 0.435. The highest BCUT2D eigenvalue weighted by molar-refractivity contribution is 7.10. The van der Waals surface area contributed by atoms with Crippen LogP contribution in [0.4, 0.5) is 0 Å². The maximum atomic E-state index is 12.8. The van der Waals surface area contributed by atoms with E-state index in [9.17, 15) is 14.4 Å². The number of nitrogens with zero attached hydrogens (tertiary/aromatic N) is 2. The summed E-state index contributed by atoms with van der Waals surface area (Å²) in [7, 11) is 0. The molecule has 32 heavy (non-hydrogen) atoms. The van der Waals surface area contributed by atoms with Gasteiger partial charge in [-0.2, -0.15) is 0 Å². The molecule has 3 aliphatic rings. The second kappa shape index (κ2) is 9.01. The fourth-order valence-electron chi connectivity index (χ4n) is 4.38. The summed E-state index contributed by atoms with van der Waals surface area (Å²) in [6, 6.07) is 7.52. The maximum absolute atomic E-state index is 12.8. The van der Waals surface area contributed by atoms with Crippen LogP contribution in [0.2, 0.25) is 0 Å². The molecule has 3 amide bonds. The van der Waals surface area contributed by atoms with Gasteiger partial charge in [0.1, 0.15) is 18.4 Å². The fourth-order valence-corrected chi connectivity index (χ4v) is 5.33. The summed E-state index contributed by atoms with van der Waals surface area (Å²) in [4.78, 5) is 41.4. The molecule has 0 saturated carbocycles. The summed E-state index contributed by atoms with van der Waals surface area (Å²) in [6.07, 6.45) is 0.622. The van der Waals surface area contributed by atoms with Crippen LogP contribution >= 0.6 is 11.3 Å². The monoisotopic (exact) mass is 455 g/mol. The smallest absolute Gasteiger partial charge is 0.256 e. The zero-order chi connectivity index (χ0) is 22.1. The number of nitrogens with one attached hydrogen (secondary N) is 1. The zero-order valence-electron chi connectivity index (χ0n) is 17.7. The number of rotatable bonds is 6. The Kier molecular flexibility index (Phi) is 5.95. The third-order valence-corrected chi connectivity index (χ3v) is 7.19. The van der Waals surface area contributed by atoms with Crippen LogP contribution in [0.25, 0.3) is 0 Å². The van der Waals surface area contributed by atoms with E-state index in [-0.39, 0.29) is 18.2 Å². The number of ether oxygens (including phenoxy) is 2. The Morgan fingerprint density at radius 1 is 1.12 bits per heavy atom. The lowest BCUT2D eigenvalue weighted by atomic mass is 10.0. The van der Waals surface area contributed by atoms with E-state index in [1.807, 2.05) is 17.5 Å². The number of carbonyl (C=O) groups excluding carboxylic acids is 3. The van der Waals surface area contributed by atoms with E-state index in [0.717, 1.165) is 49.0 Å². The first-order valence-corrected chi connectivity index (χ1v) is 11.7. The van der Waals surface area contributed by atoms with Crippen molar-refractivity contribution in [3.05, 3.63) is 51.2 Å². The predicted octanol–water partition coefficient (Wildman–Crippen LogP) is 1.92. The van der Waals surface area contributed by atoms with E-state index in [1.54, 1.807) is 4.90 Å². The van der Waals surface area contributed by atoms with Crippen LogP contribution in [-0.4, -0.2) is 59.9 Å². The van der Waals surface area contributed by atoms with Gasteiger partial charge in [0.05, 0.1) is 18.8 Å². The standard InChI is InChI=1S/C23H25N3O5S/c27-21-6-5-19(22(28)24-21)26-12-17-18(23(26)29)14-32-20(17)13-31-16-3-1-15(2-4-16)11-25-7-9-30-10-8-25/h1-4,14,19H,5-13H2,(H,24,27,28). The molecule has 4 heterocycles. The summed E-state index contributed by atoms with van der Waals surface area (Å²) < 4.78 is 11.4. The normalized spacial score (nSPS) is 21.6. The summed E-state index contributed by atoms with van der Waals surface area (Å²) in [5.41, 5.74) is 2.80. The molecule has 9 heteroatoms. The lowest BCUT2D eigenvalue weighted by molar-refractivity contribution is -0.136. The lowest BCUT2D eigenvalue weighted by Crippen LogP contribution is -2.52. The number of thiophene rings is 1. The second-order valence-electron chi connectivity index (χ2n) is 8.27. The molecule has 1 unspecified atom stereocenters. The van der Waals surface area contributed by atoms with Crippen LogP contribution in [0.5, 0.6) is 5.75 Å². The highest BCUT2D eigenvalue weighted by Crippen LogP contribution is 2.34. The van der Waals surface area contributed by atoms with E-state index < -0.39 is 11.9 Å². The summed E-state index contributed by atoms with van der Waals surface area (Å²) in [6.45, 7) is 5.14. The van der Waals surface area contributed by atoms with Crippen molar-refractivity contribution in [3.63, 3.8) is 0 Å². The second-order valence-corrected chi connectivity index (χ2v) is 9.24. The first-order valence-electron chi connectivity index (χ1n) is 10.8. The first-order chi connectivity index (χ1) is 15.6. The molecule has 0 spiro atoms. The van der Waals surface area contributed by atoms with Gasteiger partial charge in [-0.25, -0.2) is 0 Å². The van der Waals surface area contributed by atoms with Crippen LogP contribution in [-0.2, 0) is 34.0 Å². The Labute approximate surface area is 190 Å². The van der Waals surface area contributed by atoms with Crippen molar-refractivity contribution in [2.75, 3.05) is 26.3 Å². The minimum Gasteiger partial charge on any atom is -0.488 e. The van der Waals surface area contributed by atoms with Crippen LogP contribution in [0.15, 0.2) is 29.6 Å². The molecule has 1 aromatic heterocycles. The van der Waals surface area contributed by atoms with Crippen molar-refractivity contribution in [1.29, 1.82) is 0 Å². The molecule has 1 atom stereocenters. The van der Waals surface area contributed by atoms with Gasteiger partial charge in [0, 0.05) is 48.4 Å². The molecule has 3 aliphatic heterocycles. The number of piperidine rings is 1. The van der Waals surface area contributed by atoms with Crippen molar-refractivity contribution in [3.8, 4) is 5.75 Å². The maximum Gasteiger partial charge on any atom is 0.256 e. The van der Waals surface area contributed by atoms with E-state index in [0.29, 0.717) is 25.1 Å². The van der Waals surface area contributed by atoms with Crippen LogP contribution < -0.4 is 10.1 Å². The summed E-state index contributed by atoms with van der Waals surface area (Å²) in [5, 5.41) is 4.18. The molecule has 1 N–H and O–H groups in total. The van der Waals surface area contributed by atoms with Gasteiger partial charge in [-0.15, -0.1) is 11.3 Å². The summed E-state index contributed by atoms with van der Waals surface area (Å²) in [5.74, 6) is -0.0378. The molecular formula is C23H25N3O5S. The molecule has 5 rings (SSSR count). The number of hydrogen-bond acceptors (Lipinski definition) is 7. The third-order valence-electron chi connectivity index (χ3n) is 6.19. The molecule has 8 nitrogen and oxygen atoms in total. The van der Waals surface area contributed by atoms with E-state index in [2.05, 4.69) is 22.3 Å². The minimum atomic E-state index is -0.592. The molecule has 168 valence electrons. The molecule has 2 saturated heterocycles. The topological polar surface area (TPSA) is 88.2 Å². The van der Waals surface area contributed by atoms with Crippen molar-refractivity contribution in [1.82, 2.24) is 15.1 Å². The van der Waals surface area contributed by atoms with Crippen molar-refractivity contribution in [2.45, 2.75) is 38.6 Å². The molecule has 1 aromatic carbocycles. The predicted molar refractivity (Wildman–Crippen MR) is 117 cm³/mol. The molecule has 0 radical (unpaired) electrons. The zero-order valence-corrected chi connectivity index (χ0v) is 18.5. The molecule has 2 aromatic rings. The third kappa shape index (κ3) is 4.28. The lowest BCUT2D eigenvalue weighted by Gasteiger charge is -2.29. The summed E-state index contributed by atoms with van der Waals surface area (Å²) >= 11 is 1.51. The molecule has 2 fully saturated rings. The van der Waals surface area contributed by atoms with Gasteiger partial charge >= 0.3 is 0 Å². The Balaban J connectivity index is 1.19. The van der Waals surface area contributed by atoms with E-state index in [1.165, 1.54) is 16.9 Å².